The summed E-state index contributed by atoms with van der Waals surface area (Å²) in [6.07, 6.45) is 2.37. The molecule has 1 unspecified atom stereocenters. The molecule has 0 saturated carbocycles. The first-order chi connectivity index (χ1) is 5.61. The van der Waals surface area contributed by atoms with Gasteiger partial charge in [-0.1, -0.05) is 13.8 Å². The minimum absolute atomic E-state index is 0.00394. The molecule has 1 aromatic rings. The Kier molecular flexibility index (Phi) is 1.51. The largest absolute Gasteiger partial charge is 0.386 e. The Bertz CT molecular complexity index is 290. The van der Waals surface area contributed by atoms with Crippen LogP contribution in [0, 0.1) is 5.41 Å². The first-order valence-corrected chi connectivity index (χ1v) is 4.31. The van der Waals surface area contributed by atoms with Crippen molar-refractivity contribution < 1.29 is 5.11 Å². The van der Waals surface area contributed by atoms with Gasteiger partial charge in [0.2, 0.25) is 0 Å². The molecule has 0 aromatic carbocycles. The molecule has 1 aromatic heterocycles. The number of aliphatic hydroxyl groups is 1. The van der Waals surface area contributed by atoms with E-state index >= 15 is 0 Å². The normalized spacial score (nSPS) is 26.8. The Balaban J connectivity index is 2.42. The smallest absolute Gasteiger partial charge is 0.101 e. The lowest BCUT2D eigenvalue weighted by molar-refractivity contribution is 0.0147. The topological polar surface area (TPSA) is 38.0 Å². The molecule has 3 heteroatoms. The summed E-state index contributed by atoms with van der Waals surface area (Å²) in [6, 6.07) is 1.89. The maximum atomic E-state index is 9.92. The summed E-state index contributed by atoms with van der Waals surface area (Å²) >= 11 is 0. The van der Waals surface area contributed by atoms with E-state index in [1.165, 1.54) is 0 Å². The van der Waals surface area contributed by atoms with Gasteiger partial charge in [0.25, 0.3) is 0 Å². The van der Waals surface area contributed by atoms with Gasteiger partial charge in [-0.15, -0.1) is 0 Å². The summed E-state index contributed by atoms with van der Waals surface area (Å²) in [5.41, 5.74) is 0.946. The van der Waals surface area contributed by atoms with E-state index in [1.807, 2.05) is 10.7 Å². The summed E-state index contributed by atoms with van der Waals surface area (Å²) in [5, 5.41) is 14.0. The van der Waals surface area contributed by atoms with Crippen LogP contribution >= 0.6 is 0 Å². The van der Waals surface area contributed by atoms with Gasteiger partial charge in [-0.2, -0.15) is 5.10 Å². The Morgan fingerprint density at radius 1 is 1.67 bits per heavy atom. The van der Waals surface area contributed by atoms with E-state index < -0.39 is 0 Å². The molecule has 0 saturated heterocycles. The monoisotopic (exact) mass is 166 g/mol. The van der Waals surface area contributed by atoms with Crippen LogP contribution in [0.4, 0.5) is 0 Å². The van der Waals surface area contributed by atoms with Crippen molar-refractivity contribution in [2.24, 2.45) is 5.41 Å². The van der Waals surface area contributed by atoms with E-state index in [2.05, 4.69) is 18.9 Å². The van der Waals surface area contributed by atoms with Gasteiger partial charge in [-0.3, -0.25) is 4.68 Å². The lowest BCUT2D eigenvalue weighted by atomic mass is 9.79. The van der Waals surface area contributed by atoms with Crippen molar-refractivity contribution in [1.29, 1.82) is 0 Å². The van der Waals surface area contributed by atoms with Gasteiger partial charge in [-0.05, 0) is 17.9 Å². The predicted octanol–water partition coefficient (Wildman–Crippen LogP) is 1.35. The van der Waals surface area contributed by atoms with Crippen molar-refractivity contribution in [2.75, 3.05) is 0 Å². The first kappa shape index (κ1) is 7.80. The van der Waals surface area contributed by atoms with Crippen LogP contribution in [-0.4, -0.2) is 14.9 Å². The fraction of sp³-hybridized carbons (Fsp3) is 0.667. The molecule has 0 spiro atoms. The SMILES string of the molecule is CC1(C)CCn2nccc2C1O. The molecule has 66 valence electrons. The maximum absolute atomic E-state index is 9.92. The van der Waals surface area contributed by atoms with Crippen molar-refractivity contribution in [3.63, 3.8) is 0 Å². The highest BCUT2D eigenvalue weighted by molar-refractivity contribution is 5.10. The average molecular weight is 166 g/mol. The fourth-order valence-corrected chi connectivity index (χ4v) is 1.69. The Morgan fingerprint density at radius 3 is 3.17 bits per heavy atom. The van der Waals surface area contributed by atoms with E-state index in [-0.39, 0.29) is 11.5 Å². The molecule has 1 N–H and O–H groups in total. The minimum Gasteiger partial charge on any atom is -0.386 e. The second-order valence-corrected chi connectivity index (χ2v) is 4.12. The molecule has 2 heterocycles. The van der Waals surface area contributed by atoms with Gasteiger partial charge in [0.15, 0.2) is 0 Å². The standard InChI is InChI=1S/C9H14N2O/c1-9(2)4-6-11-7(8(9)12)3-5-10-11/h3,5,8,12H,4,6H2,1-2H3. The quantitative estimate of drug-likeness (QED) is 0.631. The molecule has 0 radical (unpaired) electrons. The van der Waals surface area contributed by atoms with Crippen LogP contribution in [-0.2, 0) is 6.54 Å². The van der Waals surface area contributed by atoms with Gasteiger partial charge >= 0.3 is 0 Å². The number of aromatic nitrogens is 2. The Labute approximate surface area is 72.0 Å². The molecule has 0 aliphatic carbocycles. The maximum Gasteiger partial charge on any atom is 0.101 e. The third-order valence-corrected chi connectivity index (χ3v) is 2.74. The van der Waals surface area contributed by atoms with Crippen LogP contribution in [0.25, 0.3) is 0 Å². The molecule has 3 nitrogen and oxygen atoms in total. The minimum atomic E-state index is -0.367. The summed E-state index contributed by atoms with van der Waals surface area (Å²) in [6.45, 7) is 5.11. The zero-order valence-electron chi connectivity index (χ0n) is 7.49. The van der Waals surface area contributed by atoms with Crippen LogP contribution in [0.5, 0.6) is 0 Å². The van der Waals surface area contributed by atoms with Crippen molar-refractivity contribution in [2.45, 2.75) is 32.9 Å². The van der Waals surface area contributed by atoms with Crippen molar-refractivity contribution in [1.82, 2.24) is 9.78 Å². The summed E-state index contributed by atoms with van der Waals surface area (Å²) in [4.78, 5) is 0. The van der Waals surface area contributed by atoms with E-state index in [0.717, 1.165) is 18.7 Å². The third-order valence-electron chi connectivity index (χ3n) is 2.74. The number of nitrogens with zero attached hydrogens (tertiary/aromatic N) is 2. The molecule has 2 rings (SSSR count). The number of fused-ring (bicyclic) bond motifs is 1. The molecular weight excluding hydrogens is 152 g/mol. The summed E-state index contributed by atoms with van der Waals surface area (Å²) in [7, 11) is 0. The number of rotatable bonds is 0. The Morgan fingerprint density at radius 2 is 2.42 bits per heavy atom. The van der Waals surface area contributed by atoms with Gasteiger partial charge < -0.3 is 5.11 Å². The average Bonchev–Trinajstić information content (AvgIpc) is 2.45. The lowest BCUT2D eigenvalue weighted by Crippen LogP contribution is -2.31. The summed E-state index contributed by atoms with van der Waals surface area (Å²) in [5.74, 6) is 0. The molecule has 0 bridgehead atoms. The number of hydrogen-bond acceptors (Lipinski definition) is 2. The van der Waals surface area contributed by atoms with E-state index in [9.17, 15) is 5.11 Å². The molecule has 0 amide bonds. The fourth-order valence-electron chi connectivity index (χ4n) is 1.69. The van der Waals surface area contributed by atoms with Gasteiger partial charge in [0.05, 0.1) is 5.69 Å². The number of aliphatic hydroxyl groups excluding tert-OH is 1. The molecule has 1 atom stereocenters. The molecule has 0 fully saturated rings. The van der Waals surface area contributed by atoms with Crippen molar-refractivity contribution in [3.05, 3.63) is 18.0 Å². The van der Waals surface area contributed by atoms with Crippen LogP contribution in [0.15, 0.2) is 12.3 Å². The number of aryl methyl sites for hydroxylation is 1. The van der Waals surface area contributed by atoms with Gasteiger partial charge in [-0.25, -0.2) is 0 Å². The van der Waals surface area contributed by atoms with Crippen LogP contribution in [0.3, 0.4) is 0 Å². The lowest BCUT2D eigenvalue weighted by Gasteiger charge is -2.35. The molecule has 1 aliphatic rings. The highest BCUT2D eigenvalue weighted by Gasteiger charge is 2.34. The summed E-state index contributed by atoms with van der Waals surface area (Å²) < 4.78 is 1.88. The first-order valence-electron chi connectivity index (χ1n) is 4.31. The third kappa shape index (κ3) is 0.966. The number of hydrogen-bond donors (Lipinski definition) is 1. The second kappa shape index (κ2) is 2.33. The van der Waals surface area contributed by atoms with Crippen LogP contribution in [0.1, 0.15) is 32.1 Å². The van der Waals surface area contributed by atoms with Crippen molar-refractivity contribution >= 4 is 0 Å². The van der Waals surface area contributed by atoms with Crippen molar-refractivity contribution in [3.8, 4) is 0 Å². The van der Waals surface area contributed by atoms with E-state index in [1.54, 1.807) is 6.20 Å². The zero-order chi connectivity index (χ0) is 8.77. The van der Waals surface area contributed by atoms with E-state index in [0.29, 0.717) is 0 Å². The molecular formula is C9H14N2O. The highest BCUT2D eigenvalue weighted by atomic mass is 16.3. The van der Waals surface area contributed by atoms with Gasteiger partial charge in [0, 0.05) is 12.7 Å². The van der Waals surface area contributed by atoms with Crippen LogP contribution in [0.2, 0.25) is 0 Å². The highest BCUT2D eigenvalue weighted by Crippen LogP contribution is 2.39. The zero-order valence-corrected chi connectivity index (χ0v) is 7.49. The van der Waals surface area contributed by atoms with E-state index in [4.69, 9.17) is 0 Å². The molecule has 12 heavy (non-hydrogen) atoms. The molecule has 1 aliphatic heterocycles. The predicted molar refractivity (Wildman–Crippen MR) is 45.6 cm³/mol. The van der Waals surface area contributed by atoms with Crippen LogP contribution < -0.4 is 0 Å². The van der Waals surface area contributed by atoms with Gasteiger partial charge in [0.1, 0.15) is 6.10 Å². The second-order valence-electron chi connectivity index (χ2n) is 4.12. The Hall–Kier alpha value is -0.830.